The van der Waals surface area contributed by atoms with Crippen LogP contribution in [0.15, 0.2) is 24.3 Å². The Labute approximate surface area is 120 Å². The fraction of sp³-hybridized carbons (Fsp3) is 0.533. The molecule has 1 rings (SSSR count). The fourth-order valence-corrected chi connectivity index (χ4v) is 1.95. The molecule has 0 aliphatic rings. The molecule has 0 fully saturated rings. The number of halogens is 1. The summed E-state index contributed by atoms with van der Waals surface area (Å²) >= 11 is 5.64. The average molecular weight is 284 g/mol. The minimum Gasteiger partial charge on any atom is -0.493 e. The third kappa shape index (κ3) is 5.97. The Balaban J connectivity index is 2.33. The highest BCUT2D eigenvalue weighted by molar-refractivity contribution is 6.17. The molecule has 0 bridgehead atoms. The van der Waals surface area contributed by atoms with E-state index < -0.39 is 0 Å². The van der Waals surface area contributed by atoms with Crippen LogP contribution >= 0.6 is 11.6 Å². The highest BCUT2D eigenvalue weighted by atomic mass is 35.5. The van der Waals surface area contributed by atoms with Crippen molar-refractivity contribution in [3.63, 3.8) is 0 Å². The van der Waals surface area contributed by atoms with E-state index >= 15 is 0 Å². The molecule has 1 aromatic carbocycles. The van der Waals surface area contributed by atoms with Gasteiger partial charge in [-0.15, -0.1) is 11.6 Å². The molecule has 106 valence electrons. The van der Waals surface area contributed by atoms with Crippen LogP contribution in [0.3, 0.4) is 0 Å². The molecule has 0 aliphatic carbocycles. The minimum atomic E-state index is 0.125. The highest BCUT2D eigenvalue weighted by Gasteiger charge is 2.10. The summed E-state index contributed by atoms with van der Waals surface area (Å²) in [6.45, 7) is 5.86. The second kappa shape index (κ2) is 8.81. The number of ether oxygens (including phenoxy) is 1. The van der Waals surface area contributed by atoms with Crippen molar-refractivity contribution in [1.82, 2.24) is 4.90 Å². The summed E-state index contributed by atoms with van der Waals surface area (Å²) in [5, 5.41) is 0. The Kier molecular flexibility index (Phi) is 7.34. The Morgan fingerprint density at radius 1 is 1.42 bits per heavy atom. The summed E-state index contributed by atoms with van der Waals surface area (Å²) in [5.41, 5.74) is 1.15. The summed E-state index contributed by atoms with van der Waals surface area (Å²) in [6.07, 6.45) is 1.24. The molecule has 4 heteroatoms. The predicted octanol–water partition coefficient (Wildman–Crippen LogP) is 3.24. The Hall–Kier alpha value is -1.22. The van der Waals surface area contributed by atoms with Gasteiger partial charge in [0.1, 0.15) is 5.75 Å². The second-order valence-electron chi connectivity index (χ2n) is 4.43. The molecule has 0 spiro atoms. The normalized spacial score (nSPS) is 10.3. The average Bonchev–Trinajstić information content (AvgIpc) is 2.39. The van der Waals surface area contributed by atoms with Gasteiger partial charge in [0.2, 0.25) is 5.91 Å². The van der Waals surface area contributed by atoms with E-state index in [9.17, 15) is 4.79 Å². The summed E-state index contributed by atoms with van der Waals surface area (Å²) in [5.74, 6) is 1.53. The SMILES string of the molecule is CCN(CCCCl)C(=O)CCOc1cccc(C)c1. The molecule has 0 N–H and O–H groups in total. The van der Waals surface area contributed by atoms with Crippen LogP contribution in [0, 0.1) is 6.92 Å². The van der Waals surface area contributed by atoms with Gasteiger partial charge in [0.15, 0.2) is 0 Å². The lowest BCUT2D eigenvalue weighted by molar-refractivity contribution is -0.131. The third-order valence-electron chi connectivity index (χ3n) is 2.87. The molecule has 0 heterocycles. The first-order valence-electron chi connectivity index (χ1n) is 6.70. The van der Waals surface area contributed by atoms with Crippen LogP contribution in [0.5, 0.6) is 5.75 Å². The maximum atomic E-state index is 11.9. The van der Waals surface area contributed by atoms with E-state index in [1.807, 2.05) is 43.0 Å². The number of amides is 1. The maximum Gasteiger partial charge on any atom is 0.225 e. The van der Waals surface area contributed by atoms with E-state index in [2.05, 4.69) is 0 Å². The number of hydrogen-bond acceptors (Lipinski definition) is 2. The van der Waals surface area contributed by atoms with Crippen molar-refractivity contribution in [2.45, 2.75) is 26.7 Å². The molecule has 0 saturated carbocycles. The van der Waals surface area contributed by atoms with E-state index in [0.717, 1.165) is 30.8 Å². The zero-order valence-electron chi connectivity index (χ0n) is 11.7. The lowest BCUT2D eigenvalue weighted by atomic mass is 10.2. The molecule has 0 unspecified atom stereocenters. The van der Waals surface area contributed by atoms with E-state index in [-0.39, 0.29) is 5.91 Å². The molecule has 0 radical (unpaired) electrons. The van der Waals surface area contributed by atoms with Crippen LogP contribution in [0.4, 0.5) is 0 Å². The van der Waals surface area contributed by atoms with Gasteiger partial charge in [-0.25, -0.2) is 0 Å². The topological polar surface area (TPSA) is 29.5 Å². The molecule has 1 amide bonds. The largest absolute Gasteiger partial charge is 0.493 e. The van der Waals surface area contributed by atoms with Gasteiger partial charge in [0.05, 0.1) is 13.0 Å². The second-order valence-corrected chi connectivity index (χ2v) is 4.81. The number of nitrogens with zero attached hydrogens (tertiary/aromatic N) is 1. The summed E-state index contributed by atoms with van der Waals surface area (Å²) in [6, 6.07) is 7.84. The number of alkyl halides is 1. The number of benzene rings is 1. The summed E-state index contributed by atoms with van der Waals surface area (Å²) < 4.78 is 5.58. The van der Waals surface area contributed by atoms with E-state index in [0.29, 0.717) is 18.9 Å². The number of hydrogen-bond donors (Lipinski definition) is 0. The Morgan fingerprint density at radius 2 is 2.21 bits per heavy atom. The lowest BCUT2D eigenvalue weighted by Crippen LogP contribution is -2.32. The highest BCUT2D eigenvalue weighted by Crippen LogP contribution is 2.12. The van der Waals surface area contributed by atoms with Crippen molar-refractivity contribution in [3.8, 4) is 5.75 Å². The van der Waals surface area contributed by atoms with E-state index in [1.165, 1.54) is 0 Å². The predicted molar refractivity (Wildman–Crippen MR) is 78.9 cm³/mol. The van der Waals surface area contributed by atoms with Crippen molar-refractivity contribution in [1.29, 1.82) is 0 Å². The molecule has 0 aromatic heterocycles. The van der Waals surface area contributed by atoms with Gasteiger partial charge in [-0.05, 0) is 38.0 Å². The van der Waals surface area contributed by atoms with E-state index in [4.69, 9.17) is 16.3 Å². The monoisotopic (exact) mass is 283 g/mol. The molecule has 1 aromatic rings. The van der Waals surface area contributed by atoms with Crippen LogP contribution in [-0.2, 0) is 4.79 Å². The quantitative estimate of drug-likeness (QED) is 0.686. The van der Waals surface area contributed by atoms with Gasteiger partial charge in [-0.1, -0.05) is 12.1 Å². The lowest BCUT2D eigenvalue weighted by Gasteiger charge is -2.20. The van der Waals surface area contributed by atoms with Crippen molar-refractivity contribution < 1.29 is 9.53 Å². The molecular formula is C15H22ClNO2. The number of rotatable bonds is 8. The number of carbonyl (C=O) groups excluding carboxylic acids is 1. The van der Waals surface area contributed by atoms with Crippen molar-refractivity contribution in [2.24, 2.45) is 0 Å². The zero-order valence-corrected chi connectivity index (χ0v) is 12.4. The molecule has 0 aliphatic heterocycles. The Bertz CT molecular complexity index is 395. The van der Waals surface area contributed by atoms with Crippen LogP contribution in [0.25, 0.3) is 0 Å². The number of aryl methyl sites for hydroxylation is 1. The minimum absolute atomic E-state index is 0.125. The fourth-order valence-electron chi connectivity index (χ4n) is 1.83. The van der Waals surface area contributed by atoms with Gasteiger partial charge < -0.3 is 9.64 Å². The molecule has 0 atom stereocenters. The third-order valence-corrected chi connectivity index (χ3v) is 3.14. The van der Waals surface area contributed by atoms with Gasteiger partial charge in [-0.3, -0.25) is 4.79 Å². The maximum absolute atomic E-state index is 11.9. The smallest absolute Gasteiger partial charge is 0.225 e. The van der Waals surface area contributed by atoms with Crippen LogP contribution in [0.2, 0.25) is 0 Å². The van der Waals surface area contributed by atoms with Crippen LogP contribution < -0.4 is 4.74 Å². The van der Waals surface area contributed by atoms with Crippen molar-refractivity contribution >= 4 is 17.5 Å². The van der Waals surface area contributed by atoms with E-state index in [1.54, 1.807) is 0 Å². The van der Waals surface area contributed by atoms with Crippen LogP contribution in [-0.4, -0.2) is 36.4 Å². The first-order chi connectivity index (χ1) is 9.17. The van der Waals surface area contributed by atoms with Gasteiger partial charge in [0.25, 0.3) is 0 Å². The molecular weight excluding hydrogens is 262 g/mol. The first kappa shape index (κ1) is 15.8. The van der Waals surface area contributed by atoms with Gasteiger partial charge in [0, 0.05) is 19.0 Å². The van der Waals surface area contributed by atoms with Crippen LogP contribution in [0.1, 0.15) is 25.3 Å². The first-order valence-corrected chi connectivity index (χ1v) is 7.24. The molecule has 3 nitrogen and oxygen atoms in total. The summed E-state index contributed by atoms with van der Waals surface area (Å²) in [7, 11) is 0. The molecule has 0 saturated heterocycles. The standard InChI is InChI=1S/C15H22ClNO2/c1-3-17(10-5-9-16)15(18)8-11-19-14-7-4-6-13(2)12-14/h4,6-7,12H,3,5,8-11H2,1-2H3. The number of carbonyl (C=O) groups is 1. The molecule has 19 heavy (non-hydrogen) atoms. The van der Waals surface area contributed by atoms with Crippen molar-refractivity contribution in [2.75, 3.05) is 25.6 Å². The van der Waals surface area contributed by atoms with Gasteiger partial charge >= 0.3 is 0 Å². The summed E-state index contributed by atoms with van der Waals surface area (Å²) in [4.78, 5) is 13.8. The van der Waals surface area contributed by atoms with Gasteiger partial charge in [-0.2, -0.15) is 0 Å². The zero-order chi connectivity index (χ0) is 14.1. The Morgan fingerprint density at radius 3 is 2.84 bits per heavy atom. The van der Waals surface area contributed by atoms with Crippen molar-refractivity contribution in [3.05, 3.63) is 29.8 Å².